The molecule has 0 rings (SSSR count). The zero-order valence-electron chi connectivity index (χ0n) is 25.7. The molecule has 0 aromatic carbocycles. The van der Waals surface area contributed by atoms with Gasteiger partial charge in [-0.2, -0.15) is 12.6 Å². The van der Waals surface area contributed by atoms with Gasteiger partial charge in [-0.1, -0.05) is 13.8 Å². The van der Waals surface area contributed by atoms with E-state index in [4.69, 9.17) is 16.6 Å². The van der Waals surface area contributed by atoms with E-state index < -0.39 is 122 Å². The van der Waals surface area contributed by atoms with Crippen LogP contribution in [0, 0.1) is 5.92 Å². The SMILES string of the molecule is CC(C)[C@H](NC(=O)[C@H](CO)NC(=O)CNC(=O)[C@@H](N)CS)C(=O)N[C@@H](C)C(=O)NCC(=O)N[C@@H](C)C(=O)N[C@@H](CC(N)=O)C(=O)O. The van der Waals surface area contributed by atoms with Crippen molar-refractivity contribution in [1.29, 1.82) is 0 Å². The second kappa shape index (κ2) is 20.5. The maximum Gasteiger partial charge on any atom is 0.326 e. The fraction of sp³-hybridized carbons (Fsp3) is 0.640. The van der Waals surface area contributed by atoms with E-state index in [2.05, 4.69) is 49.8 Å². The summed E-state index contributed by atoms with van der Waals surface area (Å²) in [5, 5.41) is 34.4. The van der Waals surface area contributed by atoms with Crippen molar-refractivity contribution in [3.05, 3.63) is 0 Å². The lowest BCUT2D eigenvalue weighted by Gasteiger charge is -2.26. The van der Waals surface area contributed by atoms with Gasteiger partial charge < -0.3 is 58.9 Å². The Balaban J connectivity index is 4.99. The Kier molecular flexibility index (Phi) is 18.5. The molecule has 0 fully saturated rings. The summed E-state index contributed by atoms with van der Waals surface area (Å²) in [6.07, 6.45) is -0.671. The van der Waals surface area contributed by atoms with Gasteiger partial charge in [0.2, 0.25) is 47.3 Å². The summed E-state index contributed by atoms with van der Waals surface area (Å²) in [4.78, 5) is 108. The van der Waals surface area contributed by atoms with Crippen molar-refractivity contribution < 1.29 is 53.4 Å². The van der Waals surface area contributed by atoms with Gasteiger partial charge in [0.05, 0.1) is 32.2 Å². The standard InChI is InChI=1S/C25H43N9O11S/c1-10(2)19(34-23(42)15(8-35)32-18(38)7-29-22(41)13(26)9-46)24(43)31-11(3)20(39)28-6-17(37)30-12(4)21(40)33-14(25(44)45)5-16(27)36/h10-15,19,35,46H,5-9,26H2,1-4H3,(H2,27,36)(H,28,39)(H,29,41)(H,30,37)(H,31,43)(H,32,38)(H,33,40)(H,34,42)(H,44,45)/t11-,12-,13-,14-,15-,19-/m0/s1. The lowest BCUT2D eigenvalue weighted by molar-refractivity contribution is -0.143. The molecule has 0 unspecified atom stereocenters. The van der Waals surface area contributed by atoms with Crippen molar-refractivity contribution in [1.82, 2.24) is 37.2 Å². The molecule has 46 heavy (non-hydrogen) atoms. The van der Waals surface area contributed by atoms with Crippen LogP contribution < -0.4 is 48.7 Å². The summed E-state index contributed by atoms with van der Waals surface area (Å²) in [7, 11) is 0. The number of carbonyl (C=O) groups is 9. The summed E-state index contributed by atoms with van der Waals surface area (Å²) in [5.41, 5.74) is 10.4. The summed E-state index contributed by atoms with van der Waals surface area (Å²) in [6, 6.07) is -7.76. The molecule has 0 spiro atoms. The van der Waals surface area contributed by atoms with Crippen LogP contribution in [0.5, 0.6) is 0 Å². The molecule has 0 heterocycles. The van der Waals surface area contributed by atoms with Gasteiger partial charge in [-0.25, -0.2) is 4.79 Å². The Morgan fingerprint density at radius 3 is 1.67 bits per heavy atom. The fourth-order valence-corrected chi connectivity index (χ4v) is 3.52. The second-order valence-corrected chi connectivity index (χ2v) is 10.7. The average Bonchev–Trinajstić information content (AvgIpc) is 2.98. The summed E-state index contributed by atoms with van der Waals surface area (Å²) in [5.74, 6) is -8.79. The number of hydrogen-bond donors (Lipinski definition) is 12. The first-order chi connectivity index (χ1) is 21.3. The number of hydrogen-bond acceptors (Lipinski definition) is 12. The predicted molar refractivity (Wildman–Crippen MR) is 162 cm³/mol. The third kappa shape index (κ3) is 15.5. The Hall–Kier alpha value is -4.50. The maximum atomic E-state index is 12.9. The van der Waals surface area contributed by atoms with Crippen LogP contribution in [-0.4, -0.2) is 125 Å². The minimum absolute atomic E-state index is 0.0302. The summed E-state index contributed by atoms with van der Waals surface area (Å²) in [6.45, 7) is 3.65. The van der Waals surface area contributed by atoms with E-state index in [0.29, 0.717) is 0 Å². The van der Waals surface area contributed by atoms with Crippen LogP contribution in [0.4, 0.5) is 0 Å². The van der Waals surface area contributed by atoms with Gasteiger partial charge in [0.25, 0.3) is 0 Å². The number of aliphatic hydroxyl groups excluding tert-OH is 1. The van der Waals surface area contributed by atoms with Crippen LogP contribution >= 0.6 is 12.6 Å². The molecule has 0 saturated heterocycles. The molecule has 0 bridgehead atoms. The zero-order valence-corrected chi connectivity index (χ0v) is 26.6. The Morgan fingerprint density at radius 1 is 0.674 bits per heavy atom. The van der Waals surface area contributed by atoms with Crippen molar-refractivity contribution in [2.45, 2.75) is 70.4 Å². The molecule has 20 nitrogen and oxygen atoms in total. The van der Waals surface area contributed by atoms with Crippen LogP contribution in [-0.2, 0) is 43.2 Å². The number of primary amides is 1. The normalized spacial score (nSPS) is 14.6. The van der Waals surface area contributed by atoms with Crippen molar-refractivity contribution in [2.75, 3.05) is 25.4 Å². The van der Waals surface area contributed by atoms with Gasteiger partial charge >= 0.3 is 5.97 Å². The molecule has 8 amide bonds. The van der Waals surface area contributed by atoms with Crippen molar-refractivity contribution >= 4 is 65.9 Å². The number of rotatable bonds is 20. The quantitative estimate of drug-likeness (QED) is 0.0535. The molecule has 13 N–H and O–H groups in total. The highest BCUT2D eigenvalue weighted by atomic mass is 32.1. The minimum Gasteiger partial charge on any atom is -0.480 e. The number of aliphatic carboxylic acids is 1. The Morgan fingerprint density at radius 2 is 1.20 bits per heavy atom. The van der Waals surface area contributed by atoms with E-state index >= 15 is 0 Å². The highest BCUT2D eigenvalue weighted by molar-refractivity contribution is 7.80. The van der Waals surface area contributed by atoms with Gasteiger partial charge in [0.1, 0.15) is 30.2 Å². The third-order valence-electron chi connectivity index (χ3n) is 6.00. The average molecular weight is 678 g/mol. The number of carboxylic acids is 1. The molecule has 0 aliphatic heterocycles. The topological polar surface area (TPSA) is 330 Å². The van der Waals surface area contributed by atoms with Crippen molar-refractivity contribution in [3.63, 3.8) is 0 Å². The van der Waals surface area contributed by atoms with E-state index in [1.807, 2.05) is 0 Å². The van der Waals surface area contributed by atoms with Gasteiger partial charge in [0.15, 0.2) is 0 Å². The number of aliphatic hydroxyl groups is 1. The highest BCUT2D eigenvalue weighted by Crippen LogP contribution is 2.04. The first kappa shape index (κ1) is 41.5. The highest BCUT2D eigenvalue weighted by Gasteiger charge is 2.31. The van der Waals surface area contributed by atoms with E-state index in [1.54, 1.807) is 13.8 Å². The molecule has 260 valence electrons. The van der Waals surface area contributed by atoms with Crippen LogP contribution in [0.2, 0.25) is 0 Å². The van der Waals surface area contributed by atoms with Crippen LogP contribution in [0.1, 0.15) is 34.1 Å². The Bertz CT molecular complexity index is 1150. The number of nitrogens with one attached hydrogen (secondary N) is 7. The van der Waals surface area contributed by atoms with Gasteiger partial charge in [-0.05, 0) is 19.8 Å². The fourth-order valence-electron chi connectivity index (χ4n) is 3.35. The van der Waals surface area contributed by atoms with E-state index in [9.17, 15) is 48.3 Å². The molecular formula is C25H43N9O11S. The largest absolute Gasteiger partial charge is 0.480 e. The smallest absolute Gasteiger partial charge is 0.326 e. The molecule has 0 radical (unpaired) electrons. The molecule has 0 aliphatic carbocycles. The molecule has 0 saturated carbocycles. The third-order valence-corrected chi connectivity index (χ3v) is 6.40. The first-order valence-corrected chi connectivity index (χ1v) is 14.5. The van der Waals surface area contributed by atoms with Crippen molar-refractivity contribution in [2.24, 2.45) is 17.4 Å². The minimum atomic E-state index is -1.61. The number of thiol groups is 1. The maximum absolute atomic E-state index is 12.9. The van der Waals surface area contributed by atoms with Crippen molar-refractivity contribution in [3.8, 4) is 0 Å². The molecule has 0 aromatic heterocycles. The van der Waals surface area contributed by atoms with E-state index in [1.165, 1.54) is 13.8 Å². The van der Waals surface area contributed by atoms with E-state index in [-0.39, 0.29) is 5.75 Å². The summed E-state index contributed by atoms with van der Waals surface area (Å²) >= 11 is 3.87. The predicted octanol–water partition coefficient (Wildman–Crippen LogP) is -6.45. The number of carbonyl (C=O) groups excluding carboxylic acids is 8. The molecule has 6 atom stereocenters. The van der Waals surface area contributed by atoms with Crippen LogP contribution in [0.15, 0.2) is 0 Å². The molecule has 21 heteroatoms. The lowest BCUT2D eigenvalue weighted by atomic mass is 10.0. The molecular weight excluding hydrogens is 634 g/mol. The molecule has 0 aliphatic rings. The number of amides is 8. The number of nitrogens with two attached hydrogens (primary N) is 2. The first-order valence-electron chi connectivity index (χ1n) is 13.9. The molecule has 0 aromatic rings. The van der Waals surface area contributed by atoms with E-state index in [0.717, 1.165) is 0 Å². The monoisotopic (exact) mass is 677 g/mol. The second-order valence-electron chi connectivity index (χ2n) is 10.3. The van der Waals surface area contributed by atoms with Crippen LogP contribution in [0.3, 0.4) is 0 Å². The van der Waals surface area contributed by atoms with Crippen LogP contribution in [0.25, 0.3) is 0 Å². The number of carboxylic acid groups (broad SMARTS) is 1. The van der Waals surface area contributed by atoms with Gasteiger partial charge in [0, 0.05) is 5.75 Å². The zero-order chi connectivity index (χ0) is 35.7. The lowest BCUT2D eigenvalue weighted by Crippen LogP contribution is -2.59. The Labute approximate surface area is 269 Å². The van der Waals surface area contributed by atoms with Gasteiger partial charge in [-0.15, -0.1) is 0 Å². The summed E-state index contributed by atoms with van der Waals surface area (Å²) < 4.78 is 0. The van der Waals surface area contributed by atoms with Gasteiger partial charge in [-0.3, -0.25) is 38.4 Å².